The van der Waals surface area contributed by atoms with Gasteiger partial charge in [-0.2, -0.15) is 0 Å². The standard InChI is InChI=1S/C51H35NO/c1-50(42-25-11-8-20-36(42)37-21-9-12-26-43(37)50)45-28-14-23-40-41-24-15-29-47(49(41)53-48(40)45)52-35-30-31-39-38-22-10-13-27-44(38)51(46(39)32-35,33-16-4-2-5-17-33)34-18-6-3-7-19-34/h2-32,52H,1H3. The zero-order valence-corrected chi connectivity index (χ0v) is 29.3. The fraction of sp³-hybridized carbons (Fsp3) is 0.0588. The van der Waals surface area contributed by atoms with Gasteiger partial charge in [0.1, 0.15) is 5.58 Å². The average molecular weight is 678 g/mol. The minimum absolute atomic E-state index is 0.360. The number of anilines is 2. The molecule has 0 saturated carbocycles. The molecular formula is C51H35NO. The van der Waals surface area contributed by atoms with Crippen LogP contribution in [-0.2, 0) is 10.8 Å². The second kappa shape index (κ2) is 11.2. The van der Waals surface area contributed by atoms with Crippen molar-refractivity contribution in [2.75, 3.05) is 5.32 Å². The van der Waals surface area contributed by atoms with E-state index >= 15 is 0 Å². The van der Waals surface area contributed by atoms with Crippen molar-refractivity contribution < 1.29 is 4.42 Å². The van der Waals surface area contributed by atoms with E-state index in [2.05, 4.69) is 200 Å². The highest BCUT2D eigenvalue weighted by Crippen LogP contribution is 2.57. The first-order chi connectivity index (χ1) is 26.2. The SMILES string of the molecule is CC1(c2cccc3c2oc2c(Nc4ccc5c(c4)C(c4ccccc4)(c4ccccc4)c4ccccc4-5)cccc23)c2ccccc2-c2ccccc21. The van der Waals surface area contributed by atoms with Gasteiger partial charge in [0, 0.05) is 27.4 Å². The molecule has 1 N–H and O–H groups in total. The lowest BCUT2D eigenvalue weighted by Gasteiger charge is -2.34. The molecule has 0 aliphatic heterocycles. The van der Waals surface area contributed by atoms with Gasteiger partial charge in [0.25, 0.3) is 0 Å². The maximum atomic E-state index is 7.06. The molecule has 0 atom stereocenters. The lowest BCUT2D eigenvalue weighted by molar-refractivity contribution is 0.638. The first-order valence-corrected chi connectivity index (χ1v) is 18.4. The topological polar surface area (TPSA) is 25.2 Å². The molecule has 2 aliphatic carbocycles. The van der Waals surface area contributed by atoms with Crippen molar-refractivity contribution in [1.82, 2.24) is 0 Å². The van der Waals surface area contributed by atoms with Crippen LogP contribution in [0.15, 0.2) is 192 Å². The summed E-state index contributed by atoms with van der Waals surface area (Å²) in [5, 5.41) is 6.07. The Morgan fingerprint density at radius 3 is 1.53 bits per heavy atom. The maximum Gasteiger partial charge on any atom is 0.158 e. The fourth-order valence-corrected chi connectivity index (χ4v) is 9.73. The summed E-state index contributed by atoms with van der Waals surface area (Å²) in [7, 11) is 0. The lowest BCUT2D eigenvalue weighted by Crippen LogP contribution is -2.28. The van der Waals surface area contributed by atoms with Crippen molar-refractivity contribution in [3.63, 3.8) is 0 Å². The minimum Gasteiger partial charge on any atom is -0.454 e. The fourth-order valence-electron chi connectivity index (χ4n) is 9.73. The Bertz CT molecular complexity index is 2800. The van der Waals surface area contributed by atoms with Gasteiger partial charge < -0.3 is 9.73 Å². The van der Waals surface area contributed by atoms with Crippen LogP contribution in [0.4, 0.5) is 11.4 Å². The van der Waals surface area contributed by atoms with E-state index in [1.165, 1.54) is 61.2 Å². The molecule has 2 aliphatic rings. The van der Waals surface area contributed by atoms with E-state index in [9.17, 15) is 0 Å². The zero-order chi connectivity index (χ0) is 35.1. The highest BCUT2D eigenvalue weighted by Gasteiger charge is 2.46. The average Bonchev–Trinajstić information content (AvgIpc) is 3.84. The van der Waals surface area contributed by atoms with Gasteiger partial charge in [-0.15, -0.1) is 0 Å². The van der Waals surface area contributed by atoms with Gasteiger partial charge in [0.05, 0.1) is 11.1 Å². The van der Waals surface area contributed by atoms with Crippen molar-refractivity contribution >= 4 is 33.3 Å². The van der Waals surface area contributed by atoms with E-state index in [1.807, 2.05) is 0 Å². The third kappa shape index (κ3) is 4.04. The maximum absolute atomic E-state index is 7.06. The monoisotopic (exact) mass is 677 g/mol. The second-order valence-corrected chi connectivity index (χ2v) is 14.6. The predicted molar refractivity (Wildman–Crippen MR) is 218 cm³/mol. The number of furan rings is 1. The van der Waals surface area contributed by atoms with Gasteiger partial charge >= 0.3 is 0 Å². The van der Waals surface area contributed by atoms with E-state index in [1.54, 1.807) is 0 Å². The molecule has 0 amide bonds. The Morgan fingerprint density at radius 1 is 0.396 bits per heavy atom. The number of hydrogen-bond donors (Lipinski definition) is 1. The third-order valence-electron chi connectivity index (χ3n) is 12.0. The number of hydrogen-bond acceptors (Lipinski definition) is 2. The van der Waals surface area contributed by atoms with E-state index < -0.39 is 5.41 Å². The molecule has 1 heterocycles. The van der Waals surface area contributed by atoms with Crippen LogP contribution in [0.1, 0.15) is 45.9 Å². The third-order valence-corrected chi connectivity index (χ3v) is 12.0. The van der Waals surface area contributed by atoms with Crippen LogP contribution in [0, 0.1) is 0 Å². The second-order valence-electron chi connectivity index (χ2n) is 14.6. The molecule has 250 valence electrons. The number of benzene rings is 8. The molecule has 0 spiro atoms. The van der Waals surface area contributed by atoms with E-state index in [0.29, 0.717) is 0 Å². The molecule has 0 radical (unpaired) electrons. The highest BCUT2D eigenvalue weighted by atomic mass is 16.3. The number of fused-ring (bicyclic) bond motifs is 9. The molecule has 1 aromatic heterocycles. The molecule has 2 heteroatoms. The first-order valence-electron chi connectivity index (χ1n) is 18.4. The predicted octanol–water partition coefficient (Wildman–Crippen LogP) is 13.0. The van der Waals surface area contributed by atoms with Gasteiger partial charge in [-0.3, -0.25) is 0 Å². The van der Waals surface area contributed by atoms with Crippen molar-refractivity contribution in [1.29, 1.82) is 0 Å². The molecule has 53 heavy (non-hydrogen) atoms. The molecule has 0 fully saturated rings. The number of nitrogens with one attached hydrogen (secondary N) is 1. The molecule has 9 aromatic rings. The summed E-state index contributed by atoms with van der Waals surface area (Å²) in [6, 6.07) is 68.4. The molecule has 0 unspecified atom stereocenters. The van der Waals surface area contributed by atoms with Gasteiger partial charge in [-0.1, -0.05) is 170 Å². The van der Waals surface area contributed by atoms with Gasteiger partial charge in [-0.25, -0.2) is 0 Å². The molecule has 11 rings (SSSR count). The summed E-state index contributed by atoms with van der Waals surface area (Å²) in [4.78, 5) is 0. The Balaban J connectivity index is 1.09. The molecule has 0 bridgehead atoms. The molecule has 8 aromatic carbocycles. The number of para-hydroxylation sites is 2. The highest BCUT2D eigenvalue weighted by molar-refractivity contribution is 6.10. The van der Waals surface area contributed by atoms with E-state index in [0.717, 1.165) is 33.3 Å². The van der Waals surface area contributed by atoms with Crippen LogP contribution >= 0.6 is 0 Å². The summed E-state index contributed by atoms with van der Waals surface area (Å²) < 4.78 is 7.06. The van der Waals surface area contributed by atoms with Gasteiger partial charge in [0.2, 0.25) is 0 Å². The van der Waals surface area contributed by atoms with Crippen LogP contribution in [0.25, 0.3) is 44.2 Å². The summed E-state index contributed by atoms with van der Waals surface area (Å²) in [6.07, 6.45) is 0. The zero-order valence-electron chi connectivity index (χ0n) is 29.3. The van der Waals surface area contributed by atoms with Gasteiger partial charge in [0.15, 0.2) is 5.58 Å². The van der Waals surface area contributed by atoms with Crippen LogP contribution in [0.3, 0.4) is 0 Å². The largest absolute Gasteiger partial charge is 0.454 e. The Kier molecular flexibility index (Phi) is 6.33. The Hall–Kier alpha value is -6.64. The normalized spacial score (nSPS) is 14.4. The van der Waals surface area contributed by atoms with E-state index in [-0.39, 0.29) is 5.41 Å². The summed E-state index contributed by atoms with van der Waals surface area (Å²) in [5.74, 6) is 0. The van der Waals surface area contributed by atoms with Crippen LogP contribution < -0.4 is 5.32 Å². The van der Waals surface area contributed by atoms with Crippen molar-refractivity contribution in [3.05, 3.63) is 227 Å². The summed E-state index contributed by atoms with van der Waals surface area (Å²) in [5.41, 5.74) is 16.9. The molecule has 0 saturated heterocycles. The first kappa shape index (κ1) is 30.0. The van der Waals surface area contributed by atoms with E-state index in [4.69, 9.17) is 4.42 Å². The van der Waals surface area contributed by atoms with Crippen LogP contribution in [-0.4, -0.2) is 0 Å². The van der Waals surface area contributed by atoms with Crippen molar-refractivity contribution in [2.45, 2.75) is 17.8 Å². The number of rotatable bonds is 5. The van der Waals surface area contributed by atoms with Crippen LogP contribution in [0.5, 0.6) is 0 Å². The smallest absolute Gasteiger partial charge is 0.158 e. The van der Waals surface area contributed by atoms with Crippen molar-refractivity contribution in [2.24, 2.45) is 0 Å². The molecular weight excluding hydrogens is 643 g/mol. The summed E-state index contributed by atoms with van der Waals surface area (Å²) in [6.45, 7) is 2.35. The lowest BCUT2D eigenvalue weighted by atomic mass is 9.67. The van der Waals surface area contributed by atoms with Crippen molar-refractivity contribution in [3.8, 4) is 22.3 Å². The van der Waals surface area contributed by atoms with Crippen LogP contribution in [0.2, 0.25) is 0 Å². The minimum atomic E-state index is -0.463. The Labute approximate surface area is 309 Å². The van der Waals surface area contributed by atoms with Gasteiger partial charge in [-0.05, 0) is 80.8 Å². The molecule has 2 nitrogen and oxygen atoms in total. The summed E-state index contributed by atoms with van der Waals surface area (Å²) >= 11 is 0. The Morgan fingerprint density at radius 2 is 0.887 bits per heavy atom. The quantitative estimate of drug-likeness (QED) is 0.196.